The number of aliphatic carboxylic acids is 1. The maximum absolute atomic E-state index is 11.4. The molecule has 0 amide bonds. The van der Waals surface area contributed by atoms with E-state index in [1.54, 1.807) is 6.20 Å². The molecule has 0 aliphatic carbocycles. The second-order valence-electron chi connectivity index (χ2n) is 6.35. The predicted octanol–water partition coefficient (Wildman–Crippen LogP) is 1.63. The molecule has 1 atom stereocenters. The van der Waals surface area contributed by atoms with E-state index in [9.17, 15) is 9.90 Å². The number of anilines is 1. The van der Waals surface area contributed by atoms with Crippen molar-refractivity contribution in [2.75, 3.05) is 11.4 Å². The maximum atomic E-state index is 11.4. The van der Waals surface area contributed by atoms with Gasteiger partial charge in [0.25, 0.3) is 0 Å². The molecule has 0 bridgehead atoms. The van der Waals surface area contributed by atoms with Crippen LogP contribution in [0.5, 0.6) is 0 Å². The monoisotopic (exact) mass is 289 g/mol. The fourth-order valence-electron chi connectivity index (χ4n) is 2.83. The molecule has 1 saturated heterocycles. The average molecular weight is 289 g/mol. The van der Waals surface area contributed by atoms with Gasteiger partial charge in [-0.05, 0) is 33.6 Å². The summed E-state index contributed by atoms with van der Waals surface area (Å²) in [4.78, 5) is 21.9. The summed E-state index contributed by atoms with van der Waals surface area (Å²) in [7, 11) is 0. The summed E-state index contributed by atoms with van der Waals surface area (Å²) < 4.78 is 1.85. The minimum atomic E-state index is -0.803. The number of carboxylic acid groups (broad SMARTS) is 1. The Kier molecular flexibility index (Phi) is 3.07. The molecule has 3 rings (SSSR count). The van der Waals surface area contributed by atoms with Crippen LogP contribution >= 0.6 is 0 Å². The van der Waals surface area contributed by atoms with E-state index in [4.69, 9.17) is 0 Å². The number of hydrogen-bond acceptors (Lipinski definition) is 5. The second-order valence-corrected chi connectivity index (χ2v) is 6.35. The molecule has 1 fully saturated rings. The van der Waals surface area contributed by atoms with Gasteiger partial charge in [0, 0.05) is 6.54 Å². The van der Waals surface area contributed by atoms with Crippen LogP contribution in [0.2, 0.25) is 0 Å². The normalized spacial score (nSPS) is 19.4. The predicted molar refractivity (Wildman–Crippen MR) is 78.3 cm³/mol. The second kappa shape index (κ2) is 4.68. The van der Waals surface area contributed by atoms with Gasteiger partial charge in [-0.15, -0.1) is 0 Å². The molecule has 7 heteroatoms. The van der Waals surface area contributed by atoms with Gasteiger partial charge in [-0.3, -0.25) is 0 Å². The van der Waals surface area contributed by atoms with E-state index in [2.05, 4.69) is 35.8 Å². The first kappa shape index (κ1) is 13.8. The lowest BCUT2D eigenvalue weighted by Gasteiger charge is -2.23. The van der Waals surface area contributed by atoms with Crippen LogP contribution in [0.3, 0.4) is 0 Å². The van der Waals surface area contributed by atoms with Gasteiger partial charge in [0.15, 0.2) is 5.65 Å². The number of aromatic nitrogens is 4. The molecule has 0 unspecified atom stereocenters. The van der Waals surface area contributed by atoms with E-state index < -0.39 is 12.0 Å². The van der Waals surface area contributed by atoms with Crippen LogP contribution < -0.4 is 4.90 Å². The summed E-state index contributed by atoms with van der Waals surface area (Å²) in [6.45, 7) is 6.86. The number of fused-ring (bicyclic) bond motifs is 1. The largest absolute Gasteiger partial charge is 0.480 e. The molecule has 0 aromatic carbocycles. The third-order valence-corrected chi connectivity index (χ3v) is 3.79. The van der Waals surface area contributed by atoms with E-state index in [0.29, 0.717) is 18.8 Å². The highest BCUT2D eigenvalue weighted by molar-refractivity contribution is 5.90. The summed E-state index contributed by atoms with van der Waals surface area (Å²) in [5.41, 5.74) is 0.549. The van der Waals surface area contributed by atoms with Crippen molar-refractivity contribution < 1.29 is 9.90 Å². The van der Waals surface area contributed by atoms with Gasteiger partial charge in [0.05, 0.1) is 17.1 Å². The maximum Gasteiger partial charge on any atom is 0.326 e. The van der Waals surface area contributed by atoms with Gasteiger partial charge in [0.1, 0.15) is 18.2 Å². The summed E-state index contributed by atoms with van der Waals surface area (Å²) in [6.07, 6.45) is 4.72. The van der Waals surface area contributed by atoms with Crippen LogP contribution in [0.4, 0.5) is 5.82 Å². The first-order valence-corrected chi connectivity index (χ1v) is 7.08. The molecular formula is C14H19N5O2. The highest BCUT2D eigenvalue weighted by Gasteiger charge is 2.33. The summed E-state index contributed by atoms with van der Waals surface area (Å²) >= 11 is 0. The molecule has 1 aliphatic heterocycles. The SMILES string of the molecule is CC(C)(C)n1ncc2c(N3CCC[C@H]3C(=O)O)ncnc21. The third kappa shape index (κ3) is 2.22. The van der Waals surface area contributed by atoms with E-state index in [1.165, 1.54) is 6.33 Å². The molecule has 112 valence electrons. The standard InChI is InChI=1S/C14H19N5O2/c1-14(2,3)19-12-9(7-17-19)11(15-8-16-12)18-6-4-5-10(18)13(20)21/h7-8,10H,4-6H2,1-3H3,(H,20,21)/t10-/m0/s1. The Labute approximate surface area is 122 Å². The number of nitrogens with zero attached hydrogens (tertiary/aromatic N) is 5. The van der Waals surface area contributed by atoms with Gasteiger partial charge in [-0.2, -0.15) is 5.10 Å². The van der Waals surface area contributed by atoms with E-state index in [1.807, 2.05) is 9.58 Å². The Morgan fingerprint density at radius 2 is 2.14 bits per heavy atom. The highest BCUT2D eigenvalue weighted by atomic mass is 16.4. The lowest BCUT2D eigenvalue weighted by Crippen LogP contribution is -2.36. The molecular weight excluding hydrogens is 270 g/mol. The number of carbonyl (C=O) groups is 1. The molecule has 0 saturated carbocycles. The van der Waals surface area contributed by atoms with Gasteiger partial charge >= 0.3 is 5.97 Å². The van der Waals surface area contributed by atoms with Crippen molar-refractivity contribution in [3.05, 3.63) is 12.5 Å². The fraction of sp³-hybridized carbons (Fsp3) is 0.571. The minimum Gasteiger partial charge on any atom is -0.480 e. The summed E-state index contributed by atoms with van der Waals surface area (Å²) in [6, 6.07) is -0.513. The molecule has 2 aromatic rings. The zero-order valence-corrected chi connectivity index (χ0v) is 12.4. The molecule has 3 heterocycles. The van der Waals surface area contributed by atoms with Gasteiger partial charge in [0.2, 0.25) is 0 Å². The smallest absolute Gasteiger partial charge is 0.326 e. The lowest BCUT2D eigenvalue weighted by molar-refractivity contribution is -0.138. The van der Waals surface area contributed by atoms with Crippen molar-refractivity contribution in [1.29, 1.82) is 0 Å². The van der Waals surface area contributed by atoms with Crippen LogP contribution in [0.25, 0.3) is 11.0 Å². The lowest BCUT2D eigenvalue weighted by atomic mass is 10.1. The van der Waals surface area contributed by atoms with E-state index >= 15 is 0 Å². The topological polar surface area (TPSA) is 84.1 Å². The van der Waals surface area contributed by atoms with Crippen LogP contribution in [-0.4, -0.2) is 43.4 Å². The molecule has 7 nitrogen and oxygen atoms in total. The van der Waals surface area contributed by atoms with Crippen molar-refractivity contribution in [1.82, 2.24) is 19.7 Å². The van der Waals surface area contributed by atoms with Crippen LogP contribution in [0.15, 0.2) is 12.5 Å². The van der Waals surface area contributed by atoms with Crippen molar-refractivity contribution in [3.8, 4) is 0 Å². The molecule has 21 heavy (non-hydrogen) atoms. The van der Waals surface area contributed by atoms with Crippen LogP contribution in [0.1, 0.15) is 33.6 Å². The fourth-order valence-corrected chi connectivity index (χ4v) is 2.83. The third-order valence-electron chi connectivity index (χ3n) is 3.79. The zero-order valence-electron chi connectivity index (χ0n) is 12.4. The number of hydrogen-bond donors (Lipinski definition) is 1. The average Bonchev–Trinajstić information content (AvgIpc) is 3.04. The Bertz CT molecular complexity index is 688. The summed E-state index contributed by atoms with van der Waals surface area (Å²) in [5.74, 6) is -0.136. The minimum absolute atomic E-state index is 0.190. The molecule has 1 aliphatic rings. The van der Waals surface area contributed by atoms with Crippen molar-refractivity contribution in [2.45, 2.75) is 45.2 Å². The quantitative estimate of drug-likeness (QED) is 0.904. The number of carboxylic acids is 1. The zero-order chi connectivity index (χ0) is 15.2. The van der Waals surface area contributed by atoms with Crippen molar-refractivity contribution >= 4 is 22.8 Å². The van der Waals surface area contributed by atoms with Crippen LogP contribution in [-0.2, 0) is 10.3 Å². The molecule has 2 aromatic heterocycles. The first-order valence-electron chi connectivity index (χ1n) is 7.08. The Hall–Kier alpha value is -2.18. The number of rotatable bonds is 2. The molecule has 0 radical (unpaired) electrons. The van der Waals surface area contributed by atoms with Crippen molar-refractivity contribution in [2.24, 2.45) is 0 Å². The Morgan fingerprint density at radius 1 is 1.38 bits per heavy atom. The van der Waals surface area contributed by atoms with Crippen molar-refractivity contribution in [3.63, 3.8) is 0 Å². The van der Waals surface area contributed by atoms with Gasteiger partial charge in [-0.1, -0.05) is 0 Å². The Morgan fingerprint density at radius 3 is 2.81 bits per heavy atom. The van der Waals surface area contributed by atoms with Gasteiger partial charge < -0.3 is 10.0 Å². The molecule has 1 N–H and O–H groups in total. The highest BCUT2D eigenvalue weighted by Crippen LogP contribution is 2.31. The molecule has 0 spiro atoms. The van der Waals surface area contributed by atoms with E-state index in [-0.39, 0.29) is 5.54 Å². The van der Waals surface area contributed by atoms with Gasteiger partial charge in [-0.25, -0.2) is 19.4 Å². The summed E-state index contributed by atoms with van der Waals surface area (Å²) in [5, 5.41) is 14.6. The first-order chi connectivity index (χ1) is 9.89. The Balaban J connectivity index is 2.12. The van der Waals surface area contributed by atoms with Crippen LogP contribution in [0, 0.1) is 0 Å². The van der Waals surface area contributed by atoms with E-state index in [0.717, 1.165) is 17.5 Å².